The van der Waals surface area contributed by atoms with Crippen LogP contribution in [0.25, 0.3) is 0 Å². The number of carboxylic acid groups (broad SMARTS) is 3. The fourth-order valence-corrected chi connectivity index (χ4v) is 3.22. The largest absolute Gasteiger partial charge is 0.481 e. The van der Waals surface area contributed by atoms with Crippen molar-refractivity contribution in [3.63, 3.8) is 0 Å². The van der Waals surface area contributed by atoms with Crippen LogP contribution < -0.4 is 27.4 Å². The van der Waals surface area contributed by atoms with Crippen LogP contribution in [0.15, 0.2) is 12.5 Å². The molecule has 1 rings (SSSR count). The van der Waals surface area contributed by atoms with Gasteiger partial charge in [-0.15, -0.1) is 0 Å². The molecule has 0 aromatic carbocycles. The molecule has 16 heteroatoms. The highest BCUT2D eigenvalue weighted by molar-refractivity contribution is 5.95. The van der Waals surface area contributed by atoms with Crippen molar-refractivity contribution >= 4 is 35.6 Å². The number of aliphatic carboxylic acids is 3. The summed E-state index contributed by atoms with van der Waals surface area (Å²) >= 11 is 0. The molecule has 206 valence electrons. The molecule has 3 amide bonds. The predicted octanol–water partition coefficient (Wildman–Crippen LogP) is -2.71. The number of nitrogens with zero attached hydrogens (tertiary/aromatic N) is 1. The third-order valence-electron chi connectivity index (χ3n) is 5.18. The van der Waals surface area contributed by atoms with Crippen molar-refractivity contribution < 1.29 is 44.1 Å². The molecular formula is C21H33N7O9. The number of nitrogens with one attached hydrogen (secondary N) is 4. The molecule has 0 aliphatic rings. The molecule has 0 radical (unpaired) electrons. The smallest absolute Gasteiger partial charge is 0.326 e. The first-order valence-electron chi connectivity index (χ1n) is 11.4. The van der Waals surface area contributed by atoms with Gasteiger partial charge in [0.2, 0.25) is 17.7 Å². The SMILES string of the molecule is NCCCCC(NC(=O)C(CCC(=O)O)NC(=O)C(N)CC(=O)O)C(=O)NC(Cc1cnc[nH]1)C(=O)O. The van der Waals surface area contributed by atoms with E-state index >= 15 is 0 Å². The van der Waals surface area contributed by atoms with E-state index in [1.54, 1.807) is 0 Å². The van der Waals surface area contributed by atoms with E-state index in [-0.39, 0.29) is 19.3 Å². The maximum atomic E-state index is 12.9. The molecule has 11 N–H and O–H groups in total. The normalized spacial score (nSPS) is 14.0. The van der Waals surface area contributed by atoms with Crippen LogP contribution in [-0.4, -0.2) is 91.6 Å². The number of carbonyl (C=O) groups excluding carboxylic acids is 3. The van der Waals surface area contributed by atoms with E-state index in [0.717, 1.165) is 0 Å². The molecule has 16 nitrogen and oxygen atoms in total. The number of hydrogen-bond donors (Lipinski definition) is 9. The number of rotatable bonds is 18. The van der Waals surface area contributed by atoms with Gasteiger partial charge in [0.15, 0.2) is 0 Å². The summed E-state index contributed by atoms with van der Waals surface area (Å²) in [6.07, 6.45) is 1.97. The van der Waals surface area contributed by atoms with E-state index in [1.807, 2.05) is 0 Å². The van der Waals surface area contributed by atoms with Crippen molar-refractivity contribution in [2.75, 3.05) is 6.54 Å². The number of unbranched alkanes of at least 4 members (excludes halogenated alkanes) is 1. The van der Waals surface area contributed by atoms with Crippen LogP contribution in [0.3, 0.4) is 0 Å². The van der Waals surface area contributed by atoms with E-state index in [4.69, 9.17) is 21.7 Å². The molecule has 1 aromatic heterocycles. The molecule has 0 aliphatic heterocycles. The summed E-state index contributed by atoms with van der Waals surface area (Å²) in [4.78, 5) is 78.2. The summed E-state index contributed by atoms with van der Waals surface area (Å²) in [5.41, 5.74) is 11.5. The van der Waals surface area contributed by atoms with Gasteiger partial charge in [0.25, 0.3) is 0 Å². The molecule has 0 fully saturated rings. The molecule has 37 heavy (non-hydrogen) atoms. The van der Waals surface area contributed by atoms with Crippen LogP contribution in [0.4, 0.5) is 0 Å². The third-order valence-corrected chi connectivity index (χ3v) is 5.18. The Morgan fingerprint density at radius 3 is 1.97 bits per heavy atom. The van der Waals surface area contributed by atoms with Crippen molar-refractivity contribution in [2.45, 2.75) is 69.1 Å². The first-order chi connectivity index (χ1) is 17.4. The molecule has 0 aliphatic carbocycles. The molecule has 1 aromatic rings. The first-order valence-corrected chi connectivity index (χ1v) is 11.4. The number of carbonyl (C=O) groups is 6. The van der Waals surface area contributed by atoms with E-state index in [0.29, 0.717) is 25.1 Å². The van der Waals surface area contributed by atoms with Crippen molar-refractivity contribution in [1.82, 2.24) is 25.9 Å². The van der Waals surface area contributed by atoms with Crippen molar-refractivity contribution in [1.29, 1.82) is 0 Å². The molecule has 0 saturated carbocycles. The number of nitrogens with two attached hydrogens (primary N) is 2. The summed E-state index contributed by atoms with van der Waals surface area (Å²) in [6.45, 7) is 0.304. The minimum absolute atomic E-state index is 0.0727. The zero-order valence-electron chi connectivity index (χ0n) is 20.0. The molecule has 4 unspecified atom stereocenters. The lowest BCUT2D eigenvalue weighted by molar-refractivity contribution is -0.142. The highest BCUT2D eigenvalue weighted by atomic mass is 16.4. The average molecular weight is 528 g/mol. The molecule has 0 spiro atoms. The van der Waals surface area contributed by atoms with Gasteiger partial charge in [0.1, 0.15) is 18.1 Å². The van der Waals surface area contributed by atoms with Crippen LogP contribution in [-0.2, 0) is 35.2 Å². The minimum atomic E-state index is -1.50. The van der Waals surface area contributed by atoms with Gasteiger partial charge in [0, 0.05) is 24.7 Å². The zero-order chi connectivity index (χ0) is 28.0. The van der Waals surface area contributed by atoms with Gasteiger partial charge in [-0.2, -0.15) is 0 Å². The van der Waals surface area contributed by atoms with E-state index in [2.05, 4.69) is 25.9 Å². The minimum Gasteiger partial charge on any atom is -0.481 e. The second kappa shape index (κ2) is 15.8. The Bertz CT molecular complexity index is 939. The monoisotopic (exact) mass is 527 g/mol. The number of aromatic nitrogens is 2. The Morgan fingerprint density at radius 2 is 1.46 bits per heavy atom. The Morgan fingerprint density at radius 1 is 0.865 bits per heavy atom. The van der Waals surface area contributed by atoms with Crippen LogP contribution in [0.1, 0.15) is 44.2 Å². The summed E-state index contributed by atoms with van der Waals surface area (Å²) in [7, 11) is 0. The fourth-order valence-electron chi connectivity index (χ4n) is 3.22. The third kappa shape index (κ3) is 12.0. The number of hydrogen-bond acceptors (Lipinski definition) is 9. The predicted molar refractivity (Wildman–Crippen MR) is 126 cm³/mol. The lowest BCUT2D eigenvalue weighted by Crippen LogP contribution is -2.57. The van der Waals surface area contributed by atoms with Gasteiger partial charge in [-0.25, -0.2) is 9.78 Å². The number of H-pyrrole nitrogens is 1. The van der Waals surface area contributed by atoms with E-state index in [1.165, 1.54) is 12.5 Å². The Hall–Kier alpha value is -4.05. The topological polar surface area (TPSA) is 280 Å². The maximum absolute atomic E-state index is 12.9. The highest BCUT2D eigenvalue weighted by Crippen LogP contribution is 2.07. The first kappa shape index (κ1) is 31.0. The number of amides is 3. The second-order valence-electron chi connectivity index (χ2n) is 8.22. The van der Waals surface area contributed by atoms with E-state index in [9.17, 15) is 33.9 Å². The average Bonchev–Trinajstić information content (AvgIpc) is 3.32. The summed E-state index contributed by atoms with van der Waals surface area (Å²) in [5.74, 6) is -6.68. The summed E-state index contributed by atoms with van der Waals surface area (Å²) in [6, 6.07) is -5.54. The van der Waals surface area contributed by atoms with Gasteiger partial charge in [-0.1, -0.05) is 0 Å². The van der Waals surface area contributed by atoms with Crippen LogP contribution >= 0.6 is 0 Å². The van der Waals surface area contributed by atoms with Gasteiger partial charge < -0.3 is 47.7 Å². The maximum Gasteiger partial charge on any atom is 0.326 e. The van der Waals surface area contributed by atoms with Gasteiger partial charge in [-0.05, 0) is 32.2 Å². The number of aromatic amines is 1. The zero-order valence-corrected chi connectivity index (χ0v) is 20.0. The van der Waals surface area contributed by atoms with Crippen molar-refractivity contribution in [3.05, 3.63) is 18.2 Å². The van der Waals surface area contributed by atoms with Crippen molar-refractivity contribution in [3.8, 4) is 0 Å². The van der Waals surface area contributed by atoms with Gasteiger partial charge in [-0.3, -0.25) is 24.0 Å². The Kier molecular flexibility index (Phi) is 13.3. The molecule has 4 atom stereocenters. The van der Waals surface area contributed by atoms with Crippen LogP contribution in [0.5, 0.6) is 0 Å². The molecule has 0 saturated heterocycles. The van der Waals surface area contributed by atoms with Gasteiger partial charge >= 0.3 is 17.9 Å². The molecular weight excluding hydrogens is 494 g/mol. The number of carboxylic acids is 3. The summed E-state index contributed by atoms with van der Waals surface area (Å²) in [5, 5.41) is 34.3. The Labute approximate surface area is 211 Å². The lowest BCUT2D eigenvalue weighted by Gasteiger charge is -2.25. The van der Waals surface area contributed by atoms with Crippen molar-refractivity contribution in [2.24, 2.45) is 11.5 Å². The second-order valence-corrected chi connectivity index (χ2v) is 8.22. The fraction of sp³-hybridized carbons (Fsp3) is 0.571. The highest BCUT2D eigenvalue weighted by Gasteiger charge is 2.31. The van der Waals surface area contributed by atoms with Crippen LogP contribution in [0.2, 0.25) is 0 Å². The molecule has 0 bridgehead atoms. The lowest BCUT2D eigenvalue weighted by atomic mass is 10.0. The molecule has 1 heterocycles. The van der Waals surface area contributed by atoms with E-state index < -0.39 is 72.6 Å². The summed E-state index contributed by atoms with van der Waals surface area (Å²) < 4.78 is 0. The Balaban J connectivity index is 3.01. The number of imidazole rings is 1. The quantitative estimate of drug-likeness (QED) is 0.0881. The van der Waals surface area contributed by atoms with Crippen LogP contribution in [0, 0.1) is 0 Å². The standard InChI is InChI=1S/C21H33N7O9/c22-6-2-1-3-13(19(34)28-15(21(36)37)7-11-9-24-10-25-11)27-20(35)14(4-5-16(29)30)26-18(33)12(23)8-17(31)32/h9-10,12-15H,1-8,22-23H2,(H,24,25)(H,26,33)(H,27,35)(H,28,34)(H,29,30)(H,31,32)(H,36,37). The van der Waals surface area contributed by atoms with Gasteiger partial charge in [0.05, 0.1) is 18.8 Å².